The van der Waals surface area contributed by atoms with Crippen LogP contribution in [0.1, 0.15) is 75.7 Å². The maximum atomic E-state index is 13.9. The maximum Gasteiger partial charge on any atom is 0.332 e. The topological polar surface area (TPSA) is 139 Å². The van der Waals surface area contributed by atoms with Crippen LogP contribution in [0.5, 0.6) is 0 Å². The molecule has 0 amide bonds. The van der Waals surface area contributed by atoms with Crippen molar-refractivity contribution in [3.05, 3.63) is 68.1 Å². The van der Waals surface area contributed by atoms with Crippen molar-refractivity contribution in [3.8, 4) is 6.07 Å². The molecule has 0 bridgehead atoms. The molecular formula is C31H42N8O3. The summed E-state index contributed by atoms with van der Waals surface area (Å²) in [5.74, 6) is 2.37. The molecule has 4 heterocycles. The molecule has 3 aromatic rings. The summed E-state index contributed by atoms with van der Waals surface area (Å²) in [6.07, 6.45) is 4.54. The number of nitrogens with zero attached hydrogens (tertiary/aromatic N) is 7. The first-order valence-electron chi connectivity index (χ1n) is 15.2. The molecule has 0 aliphatic carbocycles. The molecule has 2 fully saturated rings. The minimum absolute atomic E-state index is 0.00370. The minimum Gasteiger partial charge on any atom is -0.356 e. The highest BCUT2D eigenvalue weighted by molar-refractivity contribution is 5.41. The van der Waals surface area contributed by atoms with Gasteiger partial charge in [-0.15, -0.1) is 0 Å². The maximum absolute atomic E-state index is 13.9. The molecule has 2 aromatic heterocycles. The number of benzene rings is 1. The van der Waals surface area contributed by atoms with E-state index in [0.717, 1.165) is 63.1 Å². The van der Waals surface area contributed by atoms with E-state index in [-0.39, 0.29) is 29.8 Å². The normalized spacial score (nSPS) is 18.8. The van der Waals surface area contributed by atoms with Crippen LogP contribution in [-0.4, -0.2) is 51.5 Å². The van der Waals surface area contributed by atoms with Crippen LogP contribution >= 0.6 is 0 Å². The highest BCUT2D eigenvalue weighted by Crippen LogP contribution is 2.30. The van der Waals surface area contributed by atoms with E-state index in [9.17, 15) is 14.9 Å². The Hall–Kier alpha value is -3.91. The summed E-state index contributed by atoms with van der Waals surface area (Å²) in [6, 6.07) is 11.6. The standard InChI is InChI=1S/C31H42N8O3/c1-21(2)29-34-30(42-35-29)36-13-10-25(11-14-36)22(3)9-15-38-28(40)17-27(37-12-5-8-26(33)20-37)39(31(38)41)19-24-7-4-6-23(16-24)18-32/h4,6-7,16-17,21-22,25-26H,5,8-15,19-20,33H2,1-3H3/t22-,26?/m0/s1. The summed E-state index contributed by atoms with van der Waals surface area (Å²) >= 11 is 0. The monoisotopic (exact) mass is 574 g/mol. The molecule has 0 saturated carbocycles. The third kappa shape index (κ3) is 6.59. The molecule has 224 valence electrons. The van der Waals surface area contributed by atoms with Gasteiger partial charge in [0.1, 0.15) is 5.82 Å². The van der Waals surface area contributed by atoms with Gasteiger partial charge in [0.05, 0.1) is 18.2 Å². The smallest absolute Gasteiger partial charge is 0.332 e. The zero-order valence-corrected chi connectivity index (χ0v) is 24.9. The first-order chi connectivity index (χ1) is 20.2. The first-order valence-corrected chi connectivity index (χ1v) is 15.2. The Bertz CT molecular complexity index is 1530. The van der Waals surface area contributed by atoms with Gasteiger partial charge in [-0.3, -0.25) is 13.9 Å². The Morgan fingerprint density at radius 2 is 1.86 bits per heavy atom. The summed E-state index contributed by atoms with van der Waals surface area (Å²) in [5.41, 5.74) is 7.02. The minimum atomic E-state index is -0.321. The number of nitriles is 1. The summed E-state index contributed by atoms with van der Waals surface area (Å²) in [7, 11) is 0. The zero-order valence-electron chi connectivity index (χ0n) is 24.9. The molecular weight excluding hydrogens is 532 g/mol. The van der Waals surface area contributed by atoms with Gasteiger partial charge in [-0.1, -0.05) is 38.1 Å². The average Bonchev–Trinajstić information content (AvgIpc) is 3.49. The van der Waals surface area contributed by atoms with Crippen LogP contribution in [0, 0.1) is 23.2 Å². The fourth-order valence-electron chi connectivity index (χ4n) is 6.18. The van der Waals surface area contributed by atoms with Crippen molar-refractivity contribution in [2.75, 3.05) is 36.0 Å². The summed E-state index contributed by atoms with van der Waals surface area (Å²) in [6.45, 7) is 9.97. The van der Waals surface area contributed by atoms with Crippen LogP contribution in [0.2, 0.25) is 0 Å². The van der Waals surface area contributed by atoms with E-state index >= 15 is 0 Å². The van der Waals surface area contributed by atoms with Crippen LogP contribution in [0.3, 0.4) is 0 Å². The highest BCUT2D eigenvalue weighted by atomic mass is 16.5. The van der Waals surface area contributed by atoms with Crippen molar-refractivity contribution in [2.24, 2.45) is 17.6 Å². The molecule has 2 saturated heterocycles. The van der Waals surface area contributed by atoms with Crippen molar-refractivity contribution >= 4 is 11.8 Å². The lowest BCUT2D eigenvalue weighted by Crippen LogP contribution is -2.48. The molecule has 0 spiro atoms. The van der Waals surface area contributed by atoms with Gasteiger partial charge in [-0.25, -0.2) is 4.79 Å². The van der Waals surface area contributed by atoms with Gasteiger partial charge >= 0.3 is 11.7 Å². The van der Waals surface area contributed by atoms with Crippen LogP contribution in [0.15, 0.2) is 44.4 Å². The van der Waals surface area contributed by atoms with Crippen molar-refractivity contribution < 1.29 is 4.52 Å². The van der Waals surface area contributed by atoms with E-state index in [1.165, 1.54) is 4.57 Å². The second-order valence-corrected chi connectivity index (χ2v) is 12.2. The fraction of sp³-hybridized carbons (Fsp3) is 0.581. The van der Waals surface area contributed by atoms with Crippen LogP contribution in [0.4, 0.5) is 11.8 Å². The lowest BCUT2D eigenvalue weighted by atomic mass is 9.83. The summed E-state index contributed by atoms with van der Waals surface area (Å²) < 4.78 is 8.53. The van der Waals surface area contributed by atoms with Crippen molar-refractivity contribution in [2.45, 2.75) is 77.9 Å². The van der Waals surface area contributed by atoms with E-state index in [0.29, 0.717) is 42.3 Å². The van der Waals surface area contributed by atoms with Gasteiger partial charge < -0.3 is 20.1 Å². The molecule has 2 aliphatic heterocycles. The lowest BCUT2D eigenvalue weighted by Gasteiger charge is -2.34. The largest absolute Gasteiger partial charge is 0.356 e. The lowest BCUT2D eigenvalue weighted by molar-refractivity contribution is 0.260. The highest BCUT2D eigenvalue weighted by Gasteiger charge is 2.28. The predicted octanol–water partition coefficient (Wildman–Crippen LogP) is 3.31. The van der Waals surface area contributed by atoms with Crippen LogP contribution in [0.25, 0.3) is 0 Å². The Kier molecular flexibility index (Phi) is 9.12. The Labute approximate surface area is 246 Å². The Balaban J connectivity index is 1.31. The van der Waals surface area contributed by atoms with E-state index in [2.05, 4.69) is 32.9 Å². The number of aromatic nitrogens is 4. The van der Waals surface area contributed by atoms with E-state index in [4.69, 9.17) is 10.3 Å². The molecule has 2 aliphatic rings. The van der Waals surface area contributed by atoms with Gasteiger partial charge in [-0.05, 0) is 61.6 Å². The Morgan fingerprint density at radius 1 is 1.07 bits per heavy atom. The number of anilines is 2. The van der Waals surface area contributed by atoms with Gasteiger partial charge in [0.25, 0.3) is 5.56 Å². The Morgan fingerprint density at radius 3 is 2.55 bits per heavy atom. The van der Waals surface area contributed by atoms with E-state index in [1.54, 1.807) is 22.8 Å². The second-order valence-electron chi connectivity index (χ2n) is 12.2. The van der Waals surface area contributed by atoms with Gasteiger partial charge in [0.15, 0.2) is 5.82 Å². The first kappa shape index (κ1) is 29.6. The number of nitrogens with two attached hydrogens (primary N) is 1. The van der Waals surface area contributed by atoms with Crippen LogP contribution in [-0.2, 0) is 13.1 Å². The van der Waals surface area contributed by atoms with E-state index in [1.807, 2.05) is 26.0 Å². The quantitative estimate of drug-likeness (QED) is 0.408. The van der Waals surface area contributed by atoms with Gasteiger partial charge in [0, 0.05) is 50.7 Å². The van der Waals surface area contributed by atoms with Crippen molar-refractivity contribution in [1.29, 1.82) is 5.26 Å². The number of hydrogen-bond acceptors (Lipinski definition) is 9. The molecule has 11 heteroatoms. The molecule has 1 unspecified atom stereocenters. The second kappa shape index (κ2) is 12.9. The molecule has 11 nitrogen and oxygen atoms in total. The average molecular weight is 575 g/mol. The molecule has 5 rings (SSSR count). The molecule has 2 atom stereocenters. The number of rotatable bonds is 9. The third-order valence-corrected chi connectivity index (χ3v) is 8.81. The van der Waals surface area contributed by atoms with Crippen LogP contribution < -0.4 is 26.8 Å². The number of hydrogen-bond donors (Lipinski definition) is 1. The zero-order chi connectivity index (χ0) is 29.8. The van der Waals surface area contributed by atoms with Crippen molar-refractivity contribution in [3.63, 3.8) is 0 Å². The summed E-state index contributed by atoms with van der Waals surface area (Å²) in [4.78, 5) is 36.0. The van der Waals surface area contributed by atoms with Crippen molar-refractivity contribution in [1.82, 2.24) is 19.3 Å². The van der Waals surface area contributed by atoms with E-state index < -0.39 is 0 Å². The molecule has 0 radical (unpaired) electrons. The number of piperidine rings is 2. The van der Waals surface area contributed by atoms with Gasteiger partial charge in [0.2, 0.25) is 0 Å². The SMILES string of the molecule is CC(C)c1noc(N2CCC([C@@H](C)CCn3c(=O)cc(N4CCCC(N)C4)n(Cc4cccc(C#N)c4)c3=O)CC2)n1. The third-order valence-electron chi connectivity index (χ3n) is 8.81. The predicted molar refractivity (Wildman–Crippen MR) is 162 cm³/mol. The summed E-state index contributed by atoms with van der Waals surface area (Å²) in [5, 5.41) is 13.5. The molecule has 42 heavy (non-hydrogen) atoms. The fourth-order valence-corrected chi connectivity index (χ4v) is 6.18. The van der Waals surface area contributed by atoms with Gasteiger partial charge in [-0.2, -0.15) is 10.2 Å². The molecule has 1 aromatic carbocycles. The molecule has 2 N–H and O–H groups in total.